The molecule has 0 saturated carbocycles. The molecule has 0 aromatic heterocycles. The lowest BCUT2D eigenvalue weighted by atomic mass is 9.89. The monoisotopic (exact) mass is 238 g/mol. The molecule has 92 valence electrons. The van der Waals surface area contributed by atoms with Crippen LogP contribution in [0.15, 0.2) is 42.5 Å². The molecule has 0 saturated heterocycles. The quantitative estimate of drug-likeness (QED) is 0.729. The number of hydrogen-bond acceptors (Lipinski definition) is 1. The average molecular weight is 238 g/mol. The summed E-state index contributed by atoms with van der Waals surface area (Å²) in [5, 5.41) is 0. The summed E-state index contributed by atoms with van der Waals surface area (Å²) < 4.78 is 5.90. The standard InChI is InChI=1S/C17H18O/c1-12-3-6-14(7-4-12)16-10-15-8-5-13(2)9-17(15)18-11-16/h3-9,16H,10-11H2,1-2H3. The molecule has 0 spiro atoms. The zero-order valence-electron chi connectivity index (χ0n) is 10.9. The molecular formula is C17H18O. The molecule has 1 heterocycles. The van der Waals surface area contributed by atoms with E-state index in [4.69, 9.17) is 4.74 Å². The van der Waals surface area contributed by atoms with Crippen LogP contribution in [0, 0.1) is 13.8 Å². The van der Waals surface area contributed by atoms with E-state index in [2.05, 4.69) is 56.3 Å². The lowest BCUT2D eigenvalue weighted by molar-refractivity contribution is 0.262. The molecule has 1 nitrogen and oxygen atoms in total. The van der Waals surface area contributed by atoms with E-state index < -0.39 is 0 Å². The number of benzene rings is 2. The largest absolute Gasteiger partial charge is 0.493 e. The molecular weight excluding hydrogens is 220 g/mol. The van der Waals surface area contributed by atoms with Gasteiger partial charge in [-0.25, -0.2) is 0 Å². The van der Waals surface area contributed by atoms with Crippen LogP contribution in [-0.2, 0) is 6.42 Å². The SMILES string of the molecule is Cc1ccc(C2COc3cc(C)ccc3C2)cc1. The van der Waals surface area contributed by atoms with Gasteiger partial charge in [-0.1, -0.05) is 42.0 Å². The first kappa shape index (κ1) is 11.3. The number of ether oxygens (including phenoxy) is 1. The van der Waals surface area contributed by atoms with Crippen LogP contribution < -0.4 is 4.74 Å². The van der Waals surface area contributed by atoms with Crippen LogP contribution in [0.1, 0.15) is 28.2 Å². The molecule has 0 bridgehead atoms. The summed E-state index contributed by atoms with van der Waals surface area (Å²) in [6.07, 6.45) is 1.08. The minimum atomic E-state index is 0.487. The Bertz CT molecular complexity index is 554. The van der Waals surface area contributed by atoms with Gasteiger partial charge in [0.25, 0.3) is 0 Å². The van der Waals surface area contributed by atoms with Gasteiger partial charge in [-0.15, -0.1) is 0 Å². The Kier molecular flexibility index (Phi) is 2.83. The maximum atomic E-state index is 5.90. The fourth-order valence-electron chi connectivity index (χ4n) is 2.53. The van der Waals surface area contributed by atoms with Gasteiger partial charge in [-0.3, -0.25) is 0 Å². The van der Waals surface area contributed by atoms with Crippen LogP contribution in [0.2, 0.25) is 0 Å². The van der Waals surface area contributed by atoms with Gasteiger partial charge in [-0.2, -0.15) is 0 Å². The summed E-state index contributed by atoms with van der Waals surface area (Å²) in [5.74, 6) is 1.55. The third-order valence-electron chi connectivity index (χ3n) is 3.68. The Morgan fingerprint density at radius 1 is 0.944 bits per heavy atom. The maximum absolute atomic E-state index is 5.90. The van der Waals surface area contributed by atoms with E-state index >= 15 is 0 Å². The van der Waals surface area contributed by atoms with Crippen LogP contribution in [0.5, 0.6) is 5.75 Å². The van der Waals surface area contributed by atoms with Crippen molar-refractivity contribution in [1.29, 1.82) is 0 Å². The zero-order chi connectivity index (χ0) is 12.5. The molecule has 1 aliphatic rings. The highest BCUT2D eigenvalue weighted by Gasteiger charge is 2.21. The van der Waals surface area contributed by atoms with E-state index in [0.29, 0.717) is 5.92 Å². The zero-order valence-corrected chi connectivity index (χ0v) is 10.9. The van der Waals surface area contributed by atoms with Crippen molar-refractivity contribution in [3.05, 3.63) is 64.7 Å². The minimum absolute atomic E-state index is 0.487. The molecule has 18 heavy (non-hydrogen) atoms. The molecule has 1 aliphatic heterocycles. The first-order valence-corrected chi connectivity index (χ1v) is 6.51. The van der Waals surface area contributed by atoms with Crippen LogP contribution >= 0.6 is 0 Å². The molecule has 2 aromatic rings. The predicted octanol–water partition coefficient (Wildman–Crippen LogP) is 4.02. The van der Waals surface area contributed by atoms with Gasteiger partial charge >= 0.3 is 0 Å². The van der Waals surface area contributed by atoms with Crippen LogP contribution in [0.4, 0.5) is 0 Å². The fourth-order valence-corrected chi connectivity index (χ4v) is 2.53. The lowest BCUT2D eigenvalue weighted by Crippen LogP contribution is -2.19. The van der Waals surface area contributed by atoms with Gasteiger partial charge in [0.05, 0.1) is 6.61 Å². The topological polar surface area (TPSA) is 9.23 Å². The Balaban J connectivity index is 1.86. The van der Waals surface area contributed by atoms with Crippen molar-refractivity contribution in [2.75, 3.05) is 6.61 Å². The molecule has 3 rings (SSSR count). The number of hydrogen-bond donors (Lipinski definition) is 0. The van der Waals surface area contributed by atoms with Crippen molar-refractivity contribution in [1.82, 2.24) is 0 Å². The molecule has 2 aromatic carbocycles. The van der Waals surface area contributed by atoms with E-state index in [-0.39, 0.29) is 0 Å². The van der Waals surface area contributed by atoms with Gasteiger partial charge in [-0.05, 0) is 43.0 Å². The lowest BCUT2D eigenvalue weighted by Gasteiger charge is -2.26. The second-order valence-electron chi connectivity index (χ2n) is 5.23. The molecule has 0 N–H and O–H groups in total. The van der Waals surface area contributed by atoms with Crippen molar-refractivity contribution in [3.63, 3.8) is 0 Å². The summed E-state index contributed by atoms with van der Waals surface area (Å²) >= 11 is 0. The Labute approximate surface area is 108 Å². The van der Waals surface area contributed by atoms with Gasteiger partial charge in [0.1, 0.15) is 5.75 Å². The highest BCUT2D eigenvalue weighted by atomic mass is 16.5. The van der Waals surface area contributed by atoms with Crippen molar-refractivity contribution >= 4 is 0 Å². The average Bonchev–Trinajstić information content (AvgIpc) is 2.39. The number of fused-ring (bicyclic) bond motifs is 1. The number of aryl methyl sites for hydroxylation is 2. The third kappa shape index (κ3) is 2.13. The van der Waals surface area contributed by atoms with E-state index in [9.17, 15) is 0 Å². The molecule has 0 radical (unpaired) electrons. The van der Waals surface area contributed by atoms with E-state index in [1.54, 1.807) is 0 Å². The van der Waals surface area contributed by atoms with Crippen molar-refractivity contribution in [3.8, 4) is 5.75 Å². The molecule has 1 heteroatoms. The summed E-state index contributed by atoms with van der Waals surface area (Å²) in [6, 6.07) is 15.3. The van der Waals surface area contributed by atoms with Gasteiger partial charge in [0, 0.05) is 5.92 Å². The van der Waals surface area contributed by atoms with E-state index in [0.717, 1.165) is 18.8 Å². The summed E-state index contributed by atoms with van der Waals surface area (Å²) in [4.78, 5) is 0. The van der Waals surface area contributed by atoms with E-state index in [1.807, 2.05) is 0 Å². The molecule has 0 fully saturated rings. The smallest absolute Gasteiger partial charge is 0.122 e. The number of rotatable bonds is 1. The normalized spacial score (nSPS) is 18.0. The van der Waals surface area contributed by atoms with Crippen LogP contribution in [-0.4, -0.2) is 6.61 Å². The van der Waals surface area contributed by atoms with E-state index in [1.165, 1.54) is 22.3 Å². The van der Waals surface area contributed by atoms with Crippen molar-refractivity contribution in [2.45, 2.75) is 26.2 Å². The Morgan fingerprint density at radius 2 is 1.67 bits per heavy atom. The highest BCUT2D eigenvalue weighted by Crippen LogP contribution is 2.32. The molecule has 0 amide bonds. The predicted molar refractivity (Wildman–Crippen MR) is 74.3 cm³/mol. The van der Waals surface area contributed by atoms with Crippen LogP contribution in [0.3, 0.4) is 0 Å². The summed E-state index contributed by atoms with van der Waals surface area (Å²) in [7, 11) is 0. The van der Waals surface area contributed by atoms with Gasteiger partial charge in [0.2, 0.25) is 0 Å². The molecule has 1 atom stereocenters. The van der Waals surface area contributed by atoms with Crippen molar-refractivity contribution < 1.29 is 4.74 Å². The molecule has 0 aliphatic carbocycles. The minimum Gasteiger partial charge on any atom is -0.493 e. The Hall–Kier alpha value is -1.76. The summed E-state index contributed by atoms with van der Waals surface area (Å²) in [5.41, 5.74) is 5.29. The second-order valence-corrected chi connectivity index (χ2v) is 5.23. The van der Waals surface area contributed by atoms with Crippen LogP contribution in [0.25, 0.3) is 0 Å². The fraction of sp³-hybridized carbons (Fsp3) is 0.294. The van der Waals surface area contributed by atoms with Crippen molar-refractivity contribution in [2.24, 2.45) is 0 Å². The van der Waals surface area contributed by atoms with Gasteiger partial charge < -0.3 is 4.74 Å². The van der Waals surface area contributed by atoms with Gasteiger partial charge in [0.15, 0.2) is 0 Å². The third-order valence-corrected chi connectivity index (χ3v) is 3.68. The highest BCUT2D eigenvalue weighted by molar-refractivity contribution is 5.40. The second kappa shape index (κ2) is 4.49. The maximum Gasteiger partial charge on any atom is 0.122 e. The summed E-state index contributed by atoms with van der Waals surface area (Å²) in [6.45, 7) is 5.02. The first-order valence-electron chi connectivity index (χ1n) is 6.51. The Morgan fingerprint density at radius 3 is 2.44 bits per heavy atom. The molecule has 1 unspecified atom stereocenters. The first-order chi connectivity index (χ1) is 8.72.